The molecule has 4 aromatic heterocycles. The van der Waals surface area contributed by atoms with Crippen LogP contribution >= 0.6 is 0 Å². The average molecular weight is 729 g/mol. The zero-order chi connectivity index (χ0) is 37.5. The first kappa shape index (κ1) is 31.6. The van der Waals surface area contributed by atoms with Crippen molar-refractivity contribution in [2.75, 3.05) is 0 Å². The van der Waals surface area contributed by atoms with Gasteiger partial charge in [0.25, 0.3) is 0 Å². The van der Waals surface area contributed by atoms with E-state index in [1.165, 1.54) is 27.6 Å². The monoisotopic (exact) mass is 728 g/mol. The SMILES string of the molecule is c1ccc(-c2cc(-c3ccccc3)cc(-n3c4ccccc4c4c3ccc3c5ccccc5n(-c5nccc(-c6cccc7oc8ccccc8c67)n5)c34)c2)cc1. The standard InChI is InChI=1S/C52H32N4O/c1-3-14-33(15-4-1)35-30-36(34-16-5-2-6-17-34)32-37(31-35)55-45-23-11-8-19-41(45)50-46(55)27-26-39-38-18-7-10-22-44(38)56(51(39)50)52-53-29-28-43(54-52)40-21-13-25-48-49(40)42-20-9-12-24-47(42)57-48/h1-32H. The van der Waals surface area contributed by atoms with Crippen molar-refractivity contribution >= 4 is 65.6 Å². The maximum Gasteiger partial charge on any atom is 0.235 e. The highest BCUT2D eigenvalue weighted by atomic mass is 16.3. The van der Waals surface area contributed by atoms with Crippen LogP contribution in [-0.4, -0.2) is 19.1 Å². The lowest BCUT2D eigenvalue weighted by Gasteiger charge is -2.14. The molecule has 0 unspecified atom stereocenters. The fourth-order valence-electron chi connectivity index (χ4n) is 8.92. The number of fused-ring (bicyclic) bond motifs is 10. The molecule has 0 spiro atoms. The van der Waals surface area contributed by atoms with Crippen LogP contribution in [-0.2, 0) is 0 Å². The second-order valence-electron chi connectivity index (χ2n) is 14.6. The van der Waals surface area contributed by atoms with E-state index in [1.54, 1.807) is 0 Å². The molecule has 12 rings (SSSR count). The molecule has 8 aromatic carbocycles. The molecule has 0 radical (unpaired) electrons. The Hall–Kier alpha value is -7.76. The van der Waals surface area contributed by atoms with Crippen molar-refractivity contribution in [3.8, 4) is 45.1 Å². The van der Waals surface area contributed by atoms with Gasteiger partial charge in [0.05, 0.1) is 27.8 Å². The Balaban J connectivity index is 1.15. The van der Waals surface area contributed by atoms with Gasteiger partial charge in [0, 0.05) is 49.8 Å². The zero-order valence-electron chi connectivity index (χ0n) is 30.7. The first-order valence-corrected chi connectivity index (χ1v) is 19.2. The molecule has 0 saturated heterocycles. The van der Waals surface area contributed by atoms with Gasteiger partial charge < -0.3 is 8.98 Å². The van der Waals surface area contributed by atoms with E-state index in [4.69, 9.17) is 14.4 Å². The summed E-state index contributed by atoms with van der Waals surface area (Å²) in [7, 11) is 0. The summed E-state index contributed by atoms with van der Waals surface area (Å²) < 4.78 is 11.0. The fourth-order valence-corrected chi connectivity index (χ4v) is 8.92. The molecular formula is C52H32N4O. The van der Waals surface area contributed by atoms with Gasteiger partial charge >= 0.3 is 0 Å². The number of para-hydroxylation sites is 3. The largest absolute Gasteiger partial charge is 0.456 e. The maximum absolute atomic E-state index is 6.27. The Kier molecular flexibility index (Phi) is 6.86. The summed E-state index contributed by atoms with van der Waals surface area (Å²) in [5.74, 6) is 0.616. The Morgan fingerprint density at radius 1 is 0.404 bits per heavy atom. The number of furan rings is 1. The predicted molar refractivity (Wildman–Crippen MR) is 234 cm³/mol. The molecule has 57 heavy (non-hydrogen) atoms. The Morgan fingerprint density at radius 2 is 1.04 bits per heavy atom. The molecule has 4 heterocycles. The van der Waals surface area contributed by atoms with Crippen molar-refractivity contribution in [3.05, 3.63) is 194 Å². The van der Waals surface area contributed by atoms with Crippen molar-refractivity contribution in [2.24, 2.45) is 0 Å². The molecule has 5 nitrogen and oxygen atoms in total. The lowest BCUT2D eigenvalue weighted by molar-refractivity contribution is 0.669. The van der Waals surface area contributed by atoms with Crippen molar-refractivity contribution in [2.45, 2.75) is 0 Å². The van der Waals surface area contributed by atoms with E-state index in [9.17, 15) is 0 Å². The molecule has 12 aromatic rings. The number of aromatic nitrogens is 4. The van der Waals surface area contributed by atoms with Crippen LogP contribution in [0.2, 0.25) is 0 Å². The lowest BCUT2D eigenvalue weighted by atomic mass is 9.98. The van der Waals surface area contributed by atoms with Gasteiger partial charge in [-0.2, -0.15) is 0 Å². The first-order chi connectivity index (χ1) is 28.3. The van der Waals surface area contributed by atoms with Gasteiger partial charge in [0.1, 0.15) is 11.2 Å². The summed E-state index contributed by atoms with van der Waals surface area (Å²) >= 11 is 0. The number of benzene rings is 8. The molecule has 266 valence electrons. The van der Waals surface area contributed by atoms with E-state index in [0.29, 0.717) is 5.95 Å². The molecule has 0 saturated carbocycles. The van der Waals surface area contributed by atoms with E-state index < -0.39 is 0 Å². The molecule has 0 aliphatic carbocycles. The van der Waals surface area contributed by atoms with E-state index in [2.05, 4.69) is 167 Å². The summed E-state index contributed by atoms with van der Waals surface area (Å²) in [5.41, 5.74) is 13.7. The van der Waals surface area contributed by atoms with Gasteiger partial charge in [0.15, 0.2) is 0 Å². The summed E-state index contributed by atoms with van der Waals surface area (Å²) in [6, 6.07) is 66.5. The first-order valence-electron chi connectivity index (χ1n) is 19.2. The van der Waals surface area contributed by atoms with E-state index in [-0.39, 0.29) is 0 Å². The van der Waals surface area contributed by atoms with Crippen molar-refractivity contribution in [1.29, 1.82) is 0 Å². The third kappa shape index (κ3) is 4.82. The van der Waals surface area contributed by atoms with Crippen LogP contribution in [0.4, 0.5) is 0 Å². The molecule has 0 fully saturated rings. The van der Waals surface area contributed by atoms with Gasteiger partial charge in [-0.05, 0) is 76.9 Å². The minimum absolute atomic E-state index is 0.616. The summed E-state index contributed by atoms with van der Waals surface area (Å²) in [4.78, 5) is 10.4. The molecular weight excluding hydrogens is 697 g/mol. The lowest BCUT2D eigenvalue weighted by Crippen LogP contribution is -2.02. The Bertz CT molecular complexity index is 3460. The molecule has 0 bridgehead atoms. The molecule has 5 heteroatoms. The van der Waals surface area contributed by atoms with Gasteiger partial charge in [-0.3, -0.25) is 4.57 Å². The maximum atomic E-state index is 6.27. The topological polar surface area (TPSA) is 48.8 Å². The second-order valence-corrected chi connectivity index (χ2v) is 14.6. The van der Waals surface area contributed by atoms with E-state index in [1.807, 2.05) is 36.5 Å². The van der Waals surface area contributed by atoms with Crippen molar-refractivity contribution in [1.82, 2.24) is 19.1 Å². The van der Waals surface area contributed by atoms with Crippen LogP contribution in [0, 0.1) is 0 Å². The number of hydrogen-bond donors (Lipinski definition) is 0. The second kappa shape index (κ2) is 12.4. The molecule has 0 aliphatic heterocycles. The van der Waals surface area contributed by atoms with Gasteiger partial charge in [-0.25, -0.2) is 9.97 Å². The van der Waals surface area contributed by atoms with Gasteiger partial charge in [-0.1, -0.05) is 133 Å². The predicted octanol–water partition coefficient (Wildman–Crippen LogP) is 13.6. The van der Waals surface area contributed by atoms with Crippen LogP contribution in [0.3, 0.4) is 0 Å². The summed E-state index contributed by atoms with van der Waals surface area (Å²) in [6.07, 6.45) is 1.88. The third-order valence-electron chi connectivity index (χ3n) is 11.4. The molecule has 0 amide bonds. The third-order valence-corrected chi connectivity index (χ3v) is 11.4. The highest BCUT2D eigenvalue weighted by Crippen LogP contribution is 2.43. The smallest absolute Gasteiger partial charge is 0.235 e. The van der Waals surface area contributed by atoms with Crippen LogP contribution in [0.1, 0.15) is 0 Å². The average Bonchev–Trinajstić information content (AvgIpc) is 3.95. The van der Waals surface area contributed by atoms with E-state index in [0.717, 1.165) is 77.1 Å². The van der Waals surface area contributed by atoms with Crippen LogP contribution < -0.4 is 0 Å². The van der Waals surface area contributed by atoms with Crippen LogP contribution in [0.25, 0.3) is 111 Å². The van der Waals surface area contributed by atoms with Crippen LogP contribution in [0.5, 0.6) is 0 Å². The Morgan fingerprint density at radius 3 is 1.79 bits per heavy atom. The number of nitrogens with zero attached hydrogens (tertiary/aromatic N) is 4. The number of hydrogen-bond acceptors (Lipinski definition) is 3. The summed E-state index contributed by atoms with van der Waals surface area (Å²) in [6.45, 7) is 0. The summed E-state index contributed by atoms with van der Waals surface area (Å²) in [5, 5.41) is 6.75. The van der Waals surface area contributed by atoms with Gasteiger partial charge in [0.2, 0.25) is 5.95 Å². The minimum Gasteiger partial charge on any atom is -0.456 e. The normalized spacial score (nSPS) is 11.9. The minimum atomic E-state index is 0.616. The number of rotatable bonds is 5. The highest BCUT2D eigenvalue weighted by molar-refractivity contribution is 6.26. The van der Waals surface area contributed by atoms with Crippen molar-refractivity contribution in [3.63, 3.8) is 0 Å². The molecule has 0 N–H and O–H groups in total. The van der Waals surface area contributed by atoms with E-state index >= 15 is 0 Å². The quantitative estimate of drug-likeness (QED) is 0.177. The fraction of sp³-hybridized carbons (Fsp3) is 0. The molecule has 0 aliphatic rings. The highest BCUT2D eigenvalue weighted by Gasteiger charge is 2.23. The zero-order valence-corrected chi connectivity index (χ0v) is 30.7. The molecule has 0 atom stereocenters. The van der Waals surface area contributed by atoms with Crippen molar-refractivity contribution < 1.29 is 4.42 Å². The van der Waals surface area contributed by atoms with Gasteiger partial charge in [-0.15, -0.1) is 0 Å². The Labute approximate surface area is 327 Å². The van der Waals surface area contributed by atoms with Crippen LogP contribution in [0.15, 0.2) is 199 Å².